The van der Waals surface area contributed by atoms with Crippen molar-refractivity contribution in [3.63, 3.8) is 0 Å². The summed E-state index contributed by atoms with van der Waals surface area (Å²) in [6.45, 7) is 6.41. The fraction of sp³-hybridized carbons (Fsp3) is 0.739. The normalized spacial score (nSPS) is 48.5. The maximum Gasteiger partial charge on any atom is 0.178 e. The molecule has 148 valence electrons. The standard InChI is InChI=1S/C23H32O4/c1-13-9-15-16-5-6-17(19(26)12-24)23(16,3)11-20(27-4)21(15)22(2)8-7-14(25)10-18(13)22/h7-8,10,13,15-17,20-21,24H,5-6,9,11-12H2,1-4H3/t13-,15?,16?,17?,20?,21+,22?,23?/m0/s1. The van der Waals surface area contributed by atoms with Crippen LogP contribution in [0.25, 0.3) is 0 Å². The van der Waals surface area contributed by atoms with Gasteiger partial charge in [-0.2, -0.15) is 0 Å². The van der Waals surface area contributed by atoms with Crippen molar-refractivity contribution in [2.75, 3.05) is 13.7 Å². The number of ether oxygens (including phenoxy) is 1. The highest BCUT2D eigenvalue weighted by Crippen LogP contribution is 2.67. The molecule has 27 heavy (non-hydrogen) atoms. The first-order valence-corrected chi connectivity index (χ1v) is 10.4. The molecule has 0 aromatic rings. The number of ketones is 2. The number of Topliss-reactive ketones (excluding diaryl/α,β-unsaturated/α-hetero) is 1. The molecule has 4 nitrogen and oxygen atoms in total. The highest BCUT2D eigenvalue weighted by molar-refractivity contribution is 6.01. The Bertz CT molecular complexity index is 722. The number of rotatable bonds is 3. The van der Waals surface area contributed by atoms with E-state index in [2.05, 4.69) is 26.8 Å². The van der Waals surface area contributed by atoms with Crippen LogP contribution in [0.3, 0.4) is 0 Å². The van der Waals surface area contributed by atoms with E-state index in [1.807, 2.05) is 6.08 Å². The maximum atomic E-state index is 12.5. The van der Waals surface area contributed by atoms with Crippen molar-refractivity contribution >= 4 is 11.6 Å². The molecule has 3 saturated carbocycles. The SMILES string of the molecule is COC1CC2(C)C(C(=O)CO)CCC2C2C[C@H](C)C3=CC(=O)C=CC3(C)[C@@H]12. The third-order valence-corrected chi connectivity index (χ3v) is 8.64. The fourth-order valence-electron chi connectivity index (χ4n) is 7.58. The van der Waals surface area contributed by atoms with Gasteiger partial charge in [0.05, 0.1) is 6.10 Å². The molecule has 4 rings (SSSR count). The molecule has 0 aromatic carbocycles. The second kappa shape index (κ2) is 6.38. The first-order chi connectivity index (χ1) is 12.8. The molecule has 0 aromatic heterocycles. The van der Waals surface area contributed by atoms with E-state index in [9.17, 15) is 14.7 Å². The monoisotopic (exact) mass is 372 g/mol. The Kier molecular flexibility index (Phi) is 4.51. The molecule has 6 unspecified atom stereocenters. The number of hydrogen-bond acceptors (Lipinski definition) is 4. The van der Waals surface area contributed by atoms with Crippen LogP contribution >= 0.6 is 0 Å². The van der Waals surface area contributed by atoms with Gasteiger partial charge in [0.15, 0.2) is 11.6 Å². The molecule has 8 atom stereocenters. The summed E-state index contributed by atoms with van der Waals surface area (Å²) in [7, 11) is 1.78. The lowest BCUT2D eigenvalue weighted by atomic mass is 9.45. The number of methoxy groups -OCH3 is 1. The molecule has 0 radical (unpaired) electrons. The zero-order chi connectivity index (χ0) is 19.6. The van der Waals surface area contributed by atoms with Crippen LogP contribution in [0.5, 0.6) is 0 Å². The van der Waals surface area contributed by atoms with Crippen molar-refractivity contribution in [1.82, 2.24) is 0 Å². The summed E-state index contributed by atoms with van der Waals surface area (Å²) in [6.07, 6.45) is 9.59. The molecular weight excluding hydrogens is 340 g/mol. The van der Waals surface area contributed by atoms with Crippen molar-refractivity contribution in [1.29, 1.82) is 0 Å². The molecule has 0 bridgehead atoms. The molecule has 4 aliphatic rings. The van der Waals surface area contributed by atoms with E-state index in [-0.39, 0.29) is 41.0 Å². The largest absolute Gasteiger partial charge is 0.389 e. The van der Waals surface area contributed by atoms with Crippen LogP contribution in [0.4, 0.5) is 0 Å². The Balaban J connectivity index is 1.77. The van der Waals surface area contributed by atoms with Crippen LogP contribution in [0.1, 0.15) is 46.5 Å². The number of fused-ring (bicyclic) bond motifs is 5. The Labute approximate surface area is 162 Å². The highest BCUT2D eigenvalue weighted by Gasteiger charge is 2.63. The lowest BCUT2D eigenvalue weighted by Crippen LogP contribution is -2.58. The van der Waals surface area contributed by atoms with Crippen molar-refractivity contribution in [2.45, 2.75) is 52.6 Å². The van der Waals surface area contributed by atoms with Crippen molar-refractivity contribution in [2.24, 2.45) is 40.4 Å². The molecule has 0 heterocycles. The number of hydrogen-bond donors (Lipinski definition) is 1. The molecule has 0 amide bonds. The van der Waals surface area contributed by atoms with Gasteiger partial charge in [-0.1, -0.05) is 32.4 Å². The molecule has 3 fully saturated rings. The minimum absolute atomic E-state index is 0.00730. The molecule has 0 aliphatic heterocycles. The predicted molar refractivity (Wildman–Crippen MR) is 103 cm³/mol. The van der Waals surface area contributed by atoms with Gasteiger partial charge in [0.2, 0.25) is 0 Å². The molecule has 1 N–H and O–H groups in total. The van der Waals surface area contributed by atoms with E-state index in [1.54, 1.807) is 13.2 Å². The van der Waals surface area contributed by atoms with Gasteiger partial charge >= 0.3 is 0 Å². The Hall–Kier alpha value is -1.26. The van der Waals surface area contributed by atoms with Gasteiger partial charge in [-0.15, -0.1) is 0 Å². The van der Waals surface area contributed by atoms with Gasteiger partial charge in [0.1, 0.15) is 6.61 Å². The van der Waals surface area contributed by atoms with Gasteiger partial charge in [0, 0.05) is 24.4 Å². The smallest absolute Gasteiger partial charge is 0.178 e. The van der Waals surface area contributed by atoms with Crippen molar-refractivity contribution in [3.8, 4) is 0 Å². The lowest BCUT2D eigenvalue weighted by molar-refractivity contribution is -0.148. The van der Waals surface area contributed by atoms with E-state index in [0.29, 0.717) is 23.7 Å². The van der Waals surface area contributed by atoms with Crippen molar-refractivity contribution in [3.05, 3.63) is 23.8 Å². The summed E-state index contributed by atoms with van der Waals surface area (Å²) in [6, 6.07) is 0. The zero-order valence-corrected chi connectivity index (χ0v) is 16.9. The highest BCUT2D eigenvalue weighted by atomic mass is 16.5. The molecule has 4 aliphatic carbocycles. The average Bonchev–Trinajstić information content (AvgIpc) is 2.99. The average molecular weight is 373 g/mol. The first kappa shape index (κ1) is 19.1. The summed E-state index contributed by atoms with van der Waals surface area (Å²) in [4.78, 5) is 24.5. The Morgan fingerprint density at radius 3 is 2.74 bits per heavy atom. The topological polar surface area (TPSA) is 63.6 Å². The third-order valence-electron chi connectivity index (χ3n) is 8.64. The summed E-state index contributed by atoms with van der Waals surface area (Å²) < 4.78 is 6.05. The number of allylic oxidation sites excluding steroid dienone is 4. The molecule has 0 saturated heterocycles. The van der Waals surface area contributed by atoms with Crippen LogP contribution in [0, 0.1) is 40.4 Å². The predicted octanol–water partition coefficient (Wildman–Crippen LogP) is 3.34. The van der Waals surface area contributed by atoms with Crippen LogP contribution in [-0.4, -0.2) is 36.5 Å². The second-order valence-corrected chi connectivity index (χ2v) is 9.79. The van der Waals surface area contributed by atoms with Crippen molar-refractivity contribution < 1.29 is 19.4 Å². The van der Waals surface area contributed by atoms with E-state index in [0.717, 1.165) is 25.7 Å². The third kappa shape index (κ3) is 2.56. The minimum Gasteiger partial charge on any atom is -0.389 e. The number of aliphatic hydroxyl groups is 1. The minimum atomic E-state index is -0.357. The van der Waals surface area contributed by atoms with Gasteiger partial charge in [-0.05, 0) is 61.0 Å². The van der Waals surface area contributed by atoms with Gasteiger partial charge in [-0.25, -0.2) is 0 Å². The Morgan fingerprint density at radius 2 is 2.07 bits per heavy atom. The Morgan fingerprint density at radius 1 is 1.33 bits per heavy atom. The number of carbonyl (C=O) groups is 2. The van der Waals surface area contributed by atoms with Crippen LogP contribution < -0.4 is 0 Å². The maximum absolute atomic E-state index is 12.5. The number of aliphatic hydroxyl groups excluding tert-OH is 1. The summed E-state index contributed by atoms with van der Waals surface area (Å²) in [5.41, 5.74) is 0.993. The number of carbonyl (C=O) groups excluding carboxylic acids is 2. The van der Waals surface area contributed by atoms with E-state index >= 15 is 0 Å². The quantitative estimate of drug-likeness (QED) is 0.825. The van der Waals surface area contributed by atoms with Crippen LogP contribution in [0.15, 0.2) is 23.8 Å². The first-order valence-electron chi connectivity index (χ1n) is 10.4. The van der Waals surface area contributed by atoms with Gasteiger partial charge < -0.3 is 9.84 Å². The van der Waals surface area contributed by atoms with E-state index in [1.165, 1.54) is 5.57 Å². The summed E-state index contributed by atoms with van der Waals surface area (Å²) >= 11 is 0. The molecule has 0 spiro atoms. The van der Waals surface area contributed by atoms with E-state index < -0.39 is 0 Å². The van der Waals surface area contributed by atoms with Crippen LogP contribution in [0.2, 0.25) is 0 Å². The summed E-state index contributed by atoms with van der Waals surface area (Å²) in [5.74, 6) is 1.66. The second-order valence-electron chi connectivity index (χ2n) is 9.79. The lowest BCUT2D eigenvalue weighted by Gasteiger charge is -2.60. The van der Waals surface area contributed by atoms with Gasteiger partial charge in [0.25, 0.3) is 0 Å². The van der Waals surface area contributed by atoms with Crippen LogP contribution in [-0.2, 0) is 14.3 Å². The molecule has 4 heteroatoms. The fourth-order valence-corrected chi connectivity index (χ4v) is 7.58. The molecular formula is C23H32O4. The summed E-state index contributed by atoms with van der Waals surface area (Å²) in [5, 5.41) is 9.49. The van der Waals surface area contributed by atoms with E-state index in [4.69, 9.17) is 4.74 Å². The van der Waals surface area contributed by atoms with Gasteiger partial charge in [-0.3, -0.25) is 9.59 Å². The zero-order valence-electron chi connectivity index (χ0n) is 16.9.